The molecule has 3 N–H and O–H groups in total. The molecule has 15 nitrogen and oxygen atoms in total. The van der Waals surface area contributed by atoms with Gasteiger partial charge in [-0.25, -0.2) is 0 Å². The summed E-state index contributed by atoms with van der Waals surface area (Å²) in [6.07, 6.45) is -14.6. The lowest BCUT2D eigenvalue weighted by Gasteiger charge is -2.11. The van der Waals surface area contributed by atoms with Crippen LogP contribution in [-0.2, 0) is 32.9 Å². The number of benzene rings is 3. The summed E-state index contributed by atoms with van der Waals surface area (Å²) < 4.78 is 114. The third kappa shape index (κ3) is 15.0. The first kappa shape index (κ1) is 48.7. The first-order valence-electron chi connectivity index (χ1n) is 15.9. The van der Waals surface area contributed by atoms with E-state index in [0.29, 0.717) is 18.2 Å². The van der Waals surface area contributed by atoms with Crippen LogP contribution in [-0.4, -0.2) is 32.5 Å². The van der Waals surface area contributed by atoms with Crippen molar-refractivity contribution in [1.82, 2.24) is 0 Å². The highest BCUT2D eigenvalue weighted by molar-refractivity contribution is 5.93. The fraction of sp³-hybridized carbons (Fsp3) is 0.364. The Kier molecular flexibility index (Phi) is 16.6. The molecule has 0 atom stereocenters. The molecular weight excluding hydrogens is 795 g/mol. The number of rotatable bonds is 9. The van der Waals surface area contributed by atoms with E-state index in [1.165, 1.54) is 0 Å². The van der Waals surface area contributed by atoms with Gasteiger partial charge >= 0.3 is 18.5 Å². The van der Waals surface area contributed by atoms with Crippen LogP contribution in [0.25, 0.3) is 0 Å². The Morgan fingerprint density at radius 2 is 0.649 bits per heavy atom. The number of carbonyl (C=O) groups excluding carboxylic acids is 3. The number of nitro groups is 3. The average molecular weight is 829 g/mol. The van der Waals surface area contributed by atoms with Gasteiger partial charge < -0.3 is 16.0 Å². The second-order valence-corrected chi connectivity index (χ2v) is 12.4. The molecule has 0 bridgehead atoms. The third-order valence-corrected chi connectivity index (χ3v) is 6.87. The van der Waals surface area contributed by atoms with Crippen LogP contribution in [0, 0.1) is 48.1 Å². The fourth-order valence-corrected chi connectivity index (χ4v) is 3.86. The molecule has 0 saturated carbocycles. The molecule has 0 spiro atoms. The molecule has 0 aliphatic heterocycles. The zero-order chi connectivity index (χ0) is 44.4. The van der Waals surface area contributed by atoms with Crippen LogP contribution in [0.1, 0.15) is 58.2 Å². The van der Waals surface area contributed by atoms with Gasteiger partial charge in [-0.1, -0.05) is 41.5 Å². The SMILES string of the molecule is CC(C)C(=O)Nc1ccc([N+](=O)[O-])c(C(F)(F)F)c1.CC(C)C(=O)Nc1ccc([N+](=O)[O-])c(C(F)(F)F)c1.CC(C)C(=O)Nc1ccc([N+](=O)[O-])c(C(F)(F)F)c1. The van der Waals surface area contributed by atoms with Gasteiger partial charge in [-0.2, -0.15) is 39.5 Å². The minimum atomic E-state index is -4.86. The lowest BCUT2D eigenvalue weighted by Crippen LogP contribution is -2.18. The van der Waals surface area contributed by atoms with Crippen LogP contribution in [0.2, 0.25) is 0 Å². The van der Waals surface area contributed by atoms with Crippen molar-refractivity contribution in [2.45, 2.75) is 60.1 Å². The van der Waals surface area contributed by atoms with E-state index >= 15 is 0 Å². The van der Waals surface area contributed by atoms with Crippen molar-refractivity contribution < 1.29 is 68.7 Å². The van der Waals surface area contributed by atoms with Crippen LogP contribution in [0.4, 0.5) is 73.6 Å². The van der Waals surface area contributed by atoms with Crippen LogP contribution in [0.15, 0.2) is 54.6 Å². The van der Waals surface area contributed by atoms with Crippen molar-refractivity contribution >= 4 is 51.8 Å². The first-order valence-corrected chi connectivity index (χ1v) is 15.9. The van der Waals surface area contributed by atoms with E-state index < -0.39 is 103 Å². The van der Waals surface area contributed by atoms with Crippen molar-refractivity contribution in [3.8, 4) is 0 Å². The fourth-order valence-electron chi connectivity index (χ4n) is 3.86. The molecule has 3 amide bonds. The number of nitrogens with zero attached hydrogens (tertiary/aromatic N) is 3. The molecule has 3 rings (SSSR count). The normalized spacial score (nSPS) is 11.5. The summed E-state index contributed by atoms with van der Waals surface area (Å²) in [6, 6.07) is 7.01. The molecule has 3 aromatic carbocycles. The summed E-state index contributed by atoms with van der Waals surface area (Å²) in [4.78, 5) is 62.3. The highest BCUT2D eigenvalue weighted by Crippen LogP contribution is 2.40. The van der Waals surface area contributed by atoms with Crippen LogP contribution >= 0.6 is 0 Å². The number of hydrogen-bond acceptors (Lipinski definition) is 9. The minimum Gasteiger partial charge on any atom is -0.326 e. The number of carbonyl (C=O) groups is 3. The molecule has 0 fully saturated rings. The van der Waals surface area contributed by atoms with Crippen molar-refractivity contribution in [2.24, 2.45) is 17.8 Å². The number of hydrogen-bond donors (Lipinski definition) is 3. The lowest BCUT2D eigenvalue weighted by molar-refractivity contribution is -0.388. The summed E-state index contributed by atoms with van der Waals surface area (Å²) in [5.41, 5.74) is -7.69. The summed E-state index contributed by atoms with van der Waals surface area (Å²) in [7, 11) is 0. The lowest BCUT2D eigenvalue weighted by atomic mass is 10.1. The van der Waals surface area contributed by atoms with E-state index in [4.69, 9.17) is 0 Å². The topological polar surface area (TPSA) is 217 Å². The monoisotopic (exact) mass is 828 g/mol. The van der Waals surface area contributed by atoms with Crippen molar-refractivity contribution in [1.29, 1.82) is 0 Å². The average Bonchev–Trinajstić information content (AvgIpc) is 3.07. The number of nitro benzene ring substituents is 3. The second-order valence-electron chi connectivity index (χ2n) is 12.4. The molecule has 0 aromatic heterocycles. The van der Waals surface area contributed by atoms with Gasteiger partial charge in [0.1, 0.15) is 16.7 Å². The number of anilines is 3. The number of nitrogens with one attached hydrogen (secondary N) is 3. The van der Waals surface area contributed by atoms with Crippen LogP contribution in [0.5, 0.6) is 0 Å². The standard InChI is InChI=1S/3C11H11F3N2O3/c3*1-6(2)10(17)15-7-3-4-9(16(18)19)8(5-7)11(12,13)14/h3*3-6H,1-2H3,(H,15,17). The zero-order valence-corrected chi connectivity index (χ0v) is 30.3. The van der Waals surface area contributed by atoms with Gasteiger partial charge in [-0.3, -0.25) is 44.7 Å². The van der Waals surface area contributed by atoms with Gasteiger partial charge in [-0.15, -0.1) is 0 Å². The Bertz CT molecular complexity index is 1760. The Labute approximate surface area is 316 Å². The maximum absolute atomic E-state index is 12.7. The van der Waals surface area contributed by atoms with E-state index in [1.54, 1.807) is 41.5 Å². The molecular formula is C33H33F9N6O9. The van der Waals surface area contributed by atoms with Crippen LogP contribution in [0.3, 0.4) is 0 Å². The highest BCUT2D eigenvalue weighted by atomic mass is 19.4. The first-order chi connectivity index (χ1) is 25.9. The van der Waals surface area contributed by atoms with E-state index in [0.717, 1.165) is 36.4 Å². The Morgan fingerprint density at radius 1 is 0.456 bits per heavy atom. The highest BCUT2D eigenvalue weighted by Gasteiger charge is 2.40. The minimum absolute atomic E-state index is 0.128. The number of alkyl halides is 9. The summed E-state index contributed by atoms with van der Waals surface area (Å²) >= 11 is 0. The van der Waals surface area contributed by atoms with Gasteiger partial charge in [0.05, 0.1) is 14.8 Å². The molecule has 3 aromatic rings. The number of amides is 3. The molecule has 0 unspecified atom stereocenters. The molecule has 0 radical (unpaired) electrons. The smallest absolute Gasteiger partial charge is 0.326 e. The predicted molar refractivity (Wildman–Crippen MR) is 185 cm³/mol. The van der Waals surface area contributed by atoms with Crippen molar-refractivity contribution in [2.75, 3.05) is 16.0 Å². The molecule has 0 heterocycles. The molecule has 0 saturated heterocycles. The van der Waals surface area contributed by atoms with Gasteiger partial charge in [0.25, 0.3) is 17.1 Å². The maximum atomic E-state index is 12.7. The second kappa shape index (κ2) is 19.5. The predicted octanol–water partition coefficient (Wildman–Crippen LogP) is 9.62. The molecule has 312 valence electrons. The summed E-state index contributed by atoms with van der Waals surface area (Å²) in [5.74, 6) is -2.65. The van der Waals surface area contributed by atoms with Crippen molar-refractivity contribution in [3.05, 3.63) is 102 Å². The van der Waals surface area contributed by atoms with Gasteiger partial charge in [0, 0.05) is 53.0 Å². The third-order valence-electron chi connectivity index (χ3n) is 6.87. The van der Waals surface area contributed by atoms with E-state index in [2.05, 4.69) is 16.0 Å². The molecule has 0 aliphatic carbocycles. The van der Waals surface area contributed by atoms with E-state index in [1.807, 2.05) is 0 Å². The molecule has 24 heteroatoms. The summed E-state index contributed by atoms with van der Waals surface area (Å²) in [5, 5.41) is 38.4. The summed E-state index contributed by atoms with van der Waals surface area (Å²) in [6.45, 7) is 9.45. The van der Waals surface area contributed by atoms with E-state index in [-0.39, 0.29) is 17.1 Å². The van der Waals surface area contributed by atoms with Gasteiger partial charge in [0.15, 0.2) is 0 Å². The van der Waals surface area contributed by atoms with Gasteiger partial charge in [0.2, 0.25) is 17.7 Å². The van der Waals surface area contributed by atoms with Gasteiger partial charge in [-0.05, 0) is 36.4 Å². The van der Waals surface area contributed by atoms with E-state index in [9.17, 15) is 84.2 Å². The number of halogens is 9. The maximum Gasteiger partial charge on any atom is 0.423 e. The Balaban J connectivity index is 0.000000427. The largest absolute Gasteiger partial charge is 0.423 e. The van der Waals surface area contributed by atoms with Crippen molar-refractivity contribution in [3.63, 3.8) is 0 Å². The molecule has 57 heavy (non-hydrogen) atoms. The molecule has 0 aliphatic rings. The zero-order valence-electron chi connectivity index (χ0n) is 30.3. The van der Waals surface area contributed by atoms with Crippen LogP contribution < -0.4 is 16.0 Å². The Morgan fingerprint density at radius 3 is 0.789 bits per heavy atom. The Hall–Kier alpha value is -6.36. The quantitative estimate of drug-likeness (QED) is 0.106.